The van der Waals surface area contributed by atoms with E-state index in [1.807, 2.05) is 25.7 Å². The van der Waals surface area contributed by atoms with Gasteiger partial charge in [-0.15, -0.1) is 10.2 Å². The molecule has 0 fully saturated rings. The van der Waals surface area contributed by atoms with E-state index < -0.39 is 6.10 Å². The van der Waals surface area contributed by atoms with Gasteiger partial charge in [0.05, 0.1) is 11.3 Å². The summed E-state index contributed by atoms with van der Waals surface area (Å²) in [6, 6.07) is 3.52. The summed E-state index contributed by atoms with van der Waals surface area (Å²) in [5.41, 5.74) is 4.32. The zero-order valence-electron chi connectivity index (χ0n) is 15.1. The van der Waals surface area contributed by atoms with Crippen LogP contribution in [0.15, 0.2) is 18.3 Å². The van der Waals surface area contributed by atoms with E-state index in [2.05, 4.69) is 20.4 Å². The van der Waals surface area contributed by atoms with E-state index >= 15 is 0 Å². The lowest BCUT2D eigenvalue weighted by atomic mass is 10.0. The van der Waals surface area contributed by atoms with Gasteiger partial charge in [-0.25, -0.2) is 0 Å². The van der Waals surface area contributed by atoms with Crippen molar-refractivity contribution in [3.05, 3.63) is 46.7 Å². The highest BCUT2D eigenvalue weighted by Gasteiger charge is 2.26. The molecule has 26 heavy (non-hydrogen) atoms. The van der Waals surface area contributed by atoms with Gasteiger partial charge in [-0.2, -0.15) is 5.10 Å². The molecule has 0 radical (unpaired) electrons. The summed E-state index contributed by atoms with van der Waals surface area (Å²) in [5, 5.41) is 25.8. The van der Waals surface area contributed by atoms with Crippen LogP contribution < -0.4 is 0 Å². The number of carbonyl (C=O) groups excluding carboxylic acids is 1. The van der Waals surface area contributed by atoms with Gasteiger partial charge in [0.25, 0.3) is 5.91 Å². The molecule has 0 saturated heterocycles. The van der Waals surface area contributed by atoms with E-state index in [1.54, 1.807) is 22.7 Å². The Hall–Kier alpha value is -2.74. The number of aromatic amines is 1. The molecule has 2 N–H and O–H groups in total. The first-order valence-corrected chi connectivity index (χ1v) is 8.80. The number of rotatable bonds is 3. The van der Waals surface area contributed by atoms with Crippen LogP contribution in [0.3, 0.4) is 0 Å². The monoisotopic (exact) mass is 354 g/mol. The summed E-state index contributed by atoms with van der Waals surface area (Å²) in [5.74, 6) is 0.416. The molecule has 0 aromatic carbocycles. The number of hydrogen-bond donors (Lipinski definition) is 2. The zero-order valence-corrected chi connectivity index (χ0v) is 15.1. The standard InChI is InChI=1S/C18H22N6O2/c1-10(2)16(25)17-22-21-15-5-4-12(8-24(15)17)18(26)23-7-6-14-13(9-23)11(3)19-20-14/h4-5,8,10,16,25H,6-7,9H2,1-3H3,(H,19,20). The number of pyridine rings is 1. The second kappa shape index (κ2) is 6.21. The van der Waals surface area contributed by atoms with Crippen molar-refractivity contribution in [2.24, 2.45) is 5.92 Å². The topological polar surface area (TPSA) is 99.4 Å². The van der Waals surface area contributed by atoms with Gasteiger partial charge in [0, 0.05) is 37.0 Å². The highest BCUT2D eigenvalue weighted by atomic mass is 16.3. The molecule has 0 saturated carbocycles. The Labute approximate surface area is 150 Å². The van der Waals surface area contributed by atoms with E-state index in [4.69, 9.17) is 0 Å². The quantitative estimate of drug-likeness (QED) is 0.745. The van der Waals surface area contributed by atoms with Gasteiger partial charge in [-0.05, 0) is 25.0 Å². The van der Waals surface area contributed by atoms with Crippen LogP contribution in [0.25, 0.3) is 5.65 Å². The number of fused-ring (bicyclic) bond motifs is 2. The predicted octanol–water partition coefficient (Wildman–Crippen LogP) is 1.65. The van der Waals surface area contributed by atoms with Gasteiger partial charge in [0.2, 0.25) is 0 Å². The molecule has 1 unspecified atom stereocenters. The first-order chi connectivity index (χ1) is 12.5. The smallest absolute Gasteiger partial charge is 0.255 e. The first kappa shape index (κ1) is 16.7. The Morgan fingerprint density at radius 3 is 2.88 bits per heavy atom. The van der Waals surface area contributed by atoms with Crippen LogP contribution in [0.5, 0.6) is 0 Å². The van der Waals surface area contributed by atoms with Crippen LogP contribution in [0.4, 0.5) is 0 Å². The molecule has 4 rings (SSSR count). The molecule has 8 heteroatoms. The van der Waals surface area contributed by atoms with E-state index in [9.17, 15) is 9.90 Å². The molecular formula is C18H22N6O2. The number of aryl methyl sites for hydroxylation is 1. The van der Waals surface area contributed by atoms with Crippen molar-refractivity contribution in [3.63, 3.8) is 0 Å². The molecule has 3 aromatic heterocycles. The number of aliphatic hydroxyl groups excluding tert-OH is 1. The number of nitrogens with zero attached hydrogens (tertiary/aromatic N) is 5. The van der Waals surface area contributed by atoms with Crippen molar-refractivity contribution in [3.8, 4) is 0 Å². The van der Waals surface area contributed by atoms with Crippen LogP contribution in [-0.2, 0) is 13.0 Å². The number of carbonyl (C=O) groups is 1. The zero-order chi connectivity index (χ0) is 18.4. The highest BCUT2D eigenvalue weighted by molar-refractivity contribution is 5.94. The fourth-order valence-electron chi connectivity index (χ4n) is 3.32. The Bertz CT molecular complexity index is 973. The van der Waals surface area contributed by atoms with Gasteiger partial charge < -0.3 is 10.0 Å². The van der Waals surface area contributed by atoms with Gasteiger partial charge in [0.1, 0.15) is 6.10 Å². The van der Waals surface area contributed by atoms with Crippen molar-refractivity contribution in [1.29, 1.82) is 0 Å². The van der Waals surface area contributed by atoms with E-state index in [0.29, 0.717) is 30.1 Å². The maximum atomic E-state index is 13.0. The Kier molecular flexibility index (Phi) is 3.99. The SMILES string of the molecule is Cc1[nH]nc2c1CN(C(=O)c1ccc3nnc(C(O)C(C)C)n3c1)CC2. The maximum absolute atomic E-state index is 13.0. The van der Waals surface area contributed by atoms with E-state index in [0.717, 1.165) is 23.4 Å². The molecule has 0 aliphatic carbocycles. The normalized spacial score (nSPS) is 15.5. The van der Waals surface area contributed by atoms with Crippen LogP contribution >= 0.6 is 0 Å². The van der Waals surface area contributed by atoms with Crippen molar-refractivity contribution in [2.75, 3.05) is 6.54 Å². The summed E-state index contributed by atoms with van der Waals surface area (Å²) in [6.07, 6.45) is 1.73. The number of aromatic nitrogens is 5. The summed E-state index contributed by atoms with van der Waals surface area (Å²) < 4.78 is 1.70. The summed E-state index contributed by atoms with van der Waals surface area (Å²) in [4.78, 5) is 14.8. The third-order valence-electron chi connectivity index (χ3n) is 4.99. The third kappa shape index (κ3) is 2.66. The van der Waals surface area contributed by atoms with Crippen LogP contribution in [-0.4, -0.2) is 47.3 Å². The summed E-state index contributed by atoms with van der Waals surface area (Å²) >= 11 is 0. The second-order valence-electron chi connectivity index (χ2n) is 7.14. The van der Waals surface area contributed by atoms with Gasteiger partial charge in [0.15, 0.2) is 11.5 Å². The van der Waals surface area contributed by atoms with Gasteiger partial charge >= 0.3 is 0 Å². The molecule has 4 heterocycles. The van der Waals surface area contributed by atoms with Crippen LogP contribution in [0.2, 0.25) is 0 Å². The molecule has 0 bridgehead atoms. The van der Waals surface area contributed by atoms with Gasteiger partial charge in [-0.3, -0.25) is 14.3 Å². The minimum Gasteiger partial charge on any atom is -0.385 e. The van der Waals surface area contributed by atoms with Crippen LogP contribution in [0.1, 0.15) is 53.1 Å². The predicted molar refractivity (Wildman–Crippen MR) is 94.6 cm³/mol. The number of aliphatic hydroxyl groups is 1. The fourth-order valence-corrected chi connectivity index (χ4v) is 3.32. The van der Waals surface area contributed by atoms with Gasteiger partial charge in [-0.1, -0.05) is 13.8 Å². The first-order valence-electron chi connectivity index (χ1n) is 8.80. The lowest BCUT2D eigenvalue weighted by Crippen LogP contribution is -2.36. The summed E-state index contributed by atoms with van der Waals surface area (Å²) in [7, 11) is 0. The molecular weight excluding hydrogens is 332 g/mol. The fraction of sp³-hybridized carbons (Fsp3) is 0.444. The van der Waals surface area contributed by atoms with E-state index in [1.165, 1.54) is 0 Å². The Morgan fingerprint density at radius 2 is 2.12 bits per heavy atom. The van der Waals surface area contributed by atoms with E-state index in [-0.39, 0.29) is 11.8 Å². The van der Waals surface area contributed by atoms with Crippen LogP contribution in [0, 0.1) is 12.8 Å². The van der Waals surface area contributed by atoms with Crippen molar-refractivity contribution < 1.29 is 9.90 Å². The average molecular weight is 354 g/mol. The highest BCUT2D eigenvalue weighted by Crippen LogP contribution is 2.23. The lowest BCUT2D eigenvalue weighted by molar-refractivity contribution is 0.0733. The minimum atomic E-state index is -0.735. The molecule has 1 atom stereocenters. The maximum Gasteiger partial charge on any atom is 0.255 e. The Balaban J connectivity index is 1.65. The Morgan fingerprint density at radius 1 is 1.31 bits per heavy atom. The molecule has 8 nitrogen and oxygen atoms in total. The molecule has 1 amide bonds. The number of hydrogen-bond acceptors (Lipinski definition) is 5. The van der Waals surface area contributed by atoms with Crippen molar-refractivity contribution >= 4 is 11.6 Å². The molecule has 1 aliphatic rings. The molecule has 3 aromatic rings. The molecule has 1 aliphatic heterocycles. The largest absolute Gasteiger partial charge is 0.385 e. The minimum absolute atomic E-state index is 0.00587. The summed E-state index contributed by atoms with van der Waals surface area (Å²) in [6.45, 7) is 7.00. The number of H-pyrrole nitrogens is 1. The number of amides is 1. The van der Waals surface area contributed by atoms with Crippen molar-refractivity contribution in [1.82, 2.24) is 29.7 Å². The van der Waals surface area contributed by atoms with Crippen molar-refractivity contribution in [2.45, 2.75) is 39.8 Å². The molecule has 0 spiro atoms. The average Bonchev–Trinajstić information content (AvgIpc) is 3.23. The number of nitrogens with one attached hydrogen (secondary N) is 1. The second-order valence-corrected chi connectivity index (χ2v) is 7.14. The lowest BCUT2D eigenvalue weighted by Gasteiger charge is -2.27. The molecule has 136 valence electrons. The third-order valence-corrected chi connectivity index (χ3v) is 4.99.